The zero-order valence-electron chi connectivity index (χ0n) is 10.3. The topological polar surface area (TPSA) is 83.5 Å². The van der Waals surface area contributed by atoms with Gasteiger partial charge in [0.2, 0.25) is 10.0 Å². The van der Waals surface area contributed by atoms with Gasteiger partial charge in [-0.3, -0.25) is 4.79 Å². The second kappa shape index (κ2) is 5.67. The van der Waals surface area contributed by atoms with E-state index in [0.717, 1.165) is 12.1 Å². The first-order valence-corrected chi connectivity index (χ1v) is 7.87. The number of carboxylic acids is 1. The summed E-state index contributed by atoms with van der Waals surface area (Å²) in [5, 5.41) is 9.10. The molecule has 1 fully saturated rings. The Balaban J connectivity index is 2.25. The van der Waals surface area contributed by atoms with Crippen LogP contribution in [0, 0.1) is 11.7 Å². The van der Waals surface area contributed by atoms with Crippen molar-refractivity contribution in [2.75, 3.05) is 0 Å². The molecule has 0 heterocycles. The Morgan fingerprint density at radius 1 is 1.40 bits per heavy atom. The molecule has 0 aromatic heterocycles. The highest BCUT2D eigenvalue weighted by Crippen LogP contribution is 2.28. The van der Waals surface area contributed by atoms with Crippen molar-refractivity contribution in [2.45, 2.75) is 30.2 Å². The lowest BCUT2D eigenvalue weighted by atomic mass is 10.1. The van der Waals surface area contributed by atoms with Gasteiger partial charge in [0.15, 0.2) is 0 Å². The van der Waals surface area contributed by atoms with Crippen molar-refractivity contribution in [1.82, 2.24) is 4.72 Å². The molecular formula is C12H13ClFNO4S. The standard InChI is InChI=1S/C12H13ClFNO4S/c13-7-4-5-11(9(14)6-7)20(18,19)15-10-3-1-2-8(10)12(16)17/h4-6,8,10,15H,1-3H2,(H,16,17). The Morgan fingerprint density at radius 2 is 2.10 bits per heavy atom. The molecule has 0 aliphatic heterocycles. The van der Waals surface area contributed by atoms with Crippen molar-refractivity contribution in [3.8, 4) is 0 Å². The molecule has 2 rings (SSSR count). The number of rotatable bonds is 4. The molecule has 1 aliphatic carbocycles. The van der Waals surface area contributed by atoms with E-state index in [1.165, 1.54) is 6.07 Å². The molecule has 0 amide bonds. The predicted molar refractivity (Wildman–Crippen MR) is 70.5 cm³/mol. The van der Waals surface area contributed by atoms with E-state index in [-0.39, 0.29) is 5.02 Å². The molecule has 1 aromatic carbocycles. The monoisotopic (exact) mass is 321 g/mol. The molecule has 2 unspecified atom stereocenters. The molecule has 0 radical (unpaired) electrons. The quantitative estimate of drug-likeness (QED) is 0.888. The van der Waals surface area contributed by atoms with E-state index in [1.807, 2.05) is 0 Å². The molecule has 1 aliphatic rings. The number of carbonyl (C=O) groups is 1. The summed E-state index contributed by atoms with van der Waals surface area (Å²) in [5.74, 6) is -2.79. The summed E-state index contributed by atoms with van der Waals surface area (Å²) in [6.45, 7) is 0. The number of benzene rings is 1. The number of sulfonamides is 1. The van der Waals surface area contributed by atoms with Crippen molar-refractivity contribution < 1.29 is 22.7 Å². The first-order chi connectivity index (χ1) is 9.31. The molecule has 0 spiro atoms. The lowest BCUT2D eigenvalue weighted by Crippen LogP contribution is -2.40. The van der Waals surface area contributed by atoms with Crippen LogP contribution in [0.1, 0.15) is 19.3 Å². The van der Waals surface area contributed by atoms with E-state index in [1.54, 1.807) is 0 Å². The molecule has 5 nitrogen and oxygen atoms in total. The van der Waals surface area contributed by atoms with E-state index in [9.17, 15) is 17.6 Å². The van der Waals surface area contributed by atoms with E-state index < -0.39 is 38.7 Å². The number of hydrogen-bond acceptors (Lipinski definition) is 3. The van der Waals surface area contributed by atoms with E-state index in [2.05, 4.69) is 4.72 Å². The van der Waals surface area contributed by atoms with Gasteiger partial charge in [0.1, 0.15) is 10.7 Å². The Hall–Kier alpha value is -1.18. The molecule has 110 valence electrons. The largest absolute Gasteiger partial charge is 0.481 e. The first-order valence-electron chi connectivity index (χ1n) is 6.01. The maximum atomic E-state index is 13.7. The second-order valence-corrected chi connectivity index (χ2v) is 6.80. The lowest BCUT2D eigenvalue weighted by Gasteiger charge is -2.17. The zero-order chi connectivity index (χ0) is 14.9. The molecule has 2 N–H and O–H groups in total. The predicted octanol–water partition coefficient (Wildman–Crippen LogP) is 2.01. The van der Waals surface area contributed by atoms with Crippen LogP contribution >= 0.6 is 11.6 Å². The van der Waals surface area contributed by atoms with Gasteiger partial charge in [0, 0.05) is 11.1 Å². The molecule has 1 aromatic rings. The molecular weight excluding hydrogens is 309 g/mol. The van der Waals surface area contributed by atoms with Crippen LogP contribution in [-0.2, 0) is 14.8 Å². The molecule has 0 saturated heterocycles. The van der Waals surface area contributed by atoms with Crippen LogP contribution in [0.2, 0.25) is 5.02 Å². The lowest BCUT2D eigenvalue weighted by molar-refractivity contribution is -0.141. The molecule has 8 heteroatoms. The number of carboxylic acid groups (broad SMARTS) is 1. The van der Waals surface area contributed by atoms with Gasteiger partial charge in [0.25, 0.3) is 0 Å². The fourth-order valence-corrected chi connectivity index (χ4v) is 3.88. The summed E-state index contributed by atoms with van der Waals surface area (Å²) in [5.41, 5.74) is 0. The summed E-state index contributed by atoms with van der Waals surface area (Å²) in [4.78, 5) is 10.5. The Kier molecular flexibility index (Phi) is 4.31. The van der Waals surface area contributed by atoms with Crippen molar-refractivity contribution in [3.63, 3.8) is 0 Å². The first kappa shape index (κ1) is 15.2. The number of hydrogen-bond donors (Lipinski definition) is 2. The Morgan fingerprint density at radius 3 is 2.70 bits per heavy atom. The number of aliphatic carboxylic acids is 1. The van der Waals surface area contributed by atoms with Crippen LogP contribution in [0.25, 0.3) is 0 Å². The normalized spacial score (nSPS) is 22.9. The Labute approximate surface area is 120 Å². The van der Waals surface area contributed by atoms with Crippen LogP contribution in [0.15, 0.2) is 23.1 Å². The van der Waals surface area contributed by atoms with Gasteiger partial charge in [-0.05, 0) is 31.0 Å². The van der Waals surface area contributed by atoms with Crippen molar-refractivity contribution in [2.24, 2.45) is 5.92 Å². The maximum Gasteiger partial charge on any atom is 0.308 e. The third-order valence-corrected chi connectivity index (χ3v) is 5.08. The summed E-state index contributed by atoms with van der Waals surface area (Å²) in [6, 6.07) is 2.51. The molecule has 0 bridgehead atoms. The van der Waals surface area contributed by atoms with E-state index in [0.29, 0.717) is 19.3 Å². The van der Waals surface area contributed by atoms with Gasteiger partial charge in [-0.1, -0.05) is 18.0 Å². The van der Waals surface area contributed by atoms with Gasteiger partial charge in [0.05, 0.1) is 5.92 Å². The third-order valence-electron chi connectivity index (χ3n) is 3.32. The van der Waals surface area contributed by atoms with Crippen LogP contribution in [0.5, 0.6) is 0 Å². The smallest absolute Gasteiger partial charge is 0.308 e. The van der Waals surface area contributed by atoms with Gasteiger partial charge < -0.3 is 5.11 Å². The van der Waals surface area contributed by atoms with Gasteiger partial charge >= 0.3 is 5.97 Å². The minimum Gasteiger partial charge on any atom is -0.481 e. The van der Waals surface area contributed by atoms with Gasteiger partial charge in [-0.2, -0.15) is 0 Å². The summed E-state index contributed by atoms with van der Waals surface area (Å²) >= 11 is 5.57. The fourth-order valence-electron chi connectivity index (χ4n) is 2.35. The van der Waals surface area contributed by atoms with E-state index >= 15 is 0 Å². The average molecular weight is 322 g/mol. The minimum absolute atomic E-state index is 0.0886. The summed E-state index contributed by atoms with van der Waals surface area (Å²) < 4.78 is 40.1. The highest BCUT2D eigenvalue weighted by molar-refractivity contribution is 7.89. The van der Waals surface area contributed by atoms with Crippen LogP contribution in [0.4, 0.5) is 4.39 Å². The third kappa shape index (κ3) is 3.11. The van der Waals surface area contributed by atoms with Crippen LogP contribution in [-0.4, -0.2) is 25.5 Å². The summed E-state index contributed by atoms with van der Waals surface area (Å²) in [7, 11) is -4.10. The van der Waals surface area contributed by atoms with Gasteiger partial charge in [-0.15, -0.1) is 0 Å². The van der Waals surface area contributed by atoms with Crippen molar-refractivity contribution in [1.29, 1.82) is 0 Å². The molecule has 2 atom stereocenters. The minimum atomic E-state index is -4.10. The van der Waals surface area contributed by atoms with Crippen molar-refractivity contribution in [3.05, 3.63) is 29.0 Å². The highest BCUT2D eigenvalue weighted by atomic mass is 35.5. The van der Waals surface area contributed by atoms with Crippen LogP contribution < -0.4 is 4.72 Å². The molecule has 1 saturated carbocycles. The van der Waals surface area contributed by atoms with E-state index in [4.69, 9.17) is 16.7 Å². The fraction of sp³-hybridized carbons (Fsp3) is 0.417. The second-order valence-electron chi connectivity index (χ2n) is 4.68. The maximum absolute atomic E-state index is 13.7. The van der Waals surface area contributed by atoms with Gasteiger partial charge in [-0.25, -0.2) is 17.5 Å². The highest BCUT2D eigenvalue weighted by Gasteiger charge is 2.36. The SMILES string of the molecule is O=C(O)C1CCCC1NS(=O)(=O)c1ccc(Cl)cc1F. The zero-order valence-corrected chi connectivity index (χ0v) is 11.9. The average Bonchev–Trinajstić information content (AvgIpc) is 2.75. The number of nitrogens with one attached hydrogen (secondary N) is 1. The van der Waals surface area contributed by atoms with Crippen molar-refractivity contribution >= 4 is 27.6 Å². The molecule has 20 heavy (non-hydrogen) atoms. The summed E-state index contributed by atoms with van der Waals surface area (Å²) in [6.07, 6.45) is 1.45. The van der Waals surface area contributed by atoms with Crippen LogP contribution in [0.3, 0.4) is 0 Å². The number of halogens is 2. The Bertz CT molecular complexity index is 634.